The first kappa shape index (κ1) is 7.84. The minimum Gasteiger partial charge on any atom is -0.500 e. The van der Waals surface area contributed by atoms with Crippen LogP contribution < -0.4 is 0 Å². The second-order valence-corrected chi connectivity index (χ2v) is 3.61. The van der Waals surface area contributed by atoms with Crippen LogP contribution in [0.3, 0.4) is 0 Å². The minimum absolute atomic E-state index is 0.318. The second kappa shape index (κ2) is 3.30. The van der Waals surface area contributed by atoms with Gasteiger partial charge >= 0.3 is 0 Å². The maximum absolute atomic E-state index is 11.7. The Labute approximate surface area is 72.6 Å². The zero-order valence-corrected chi connectivity index (χ0v) is 7.21. The number of hydrogen-bond donors (Lipinski definition) is 0. The average Bonchev–Trinajstić information content (AvgIpc) is 2.77. The Balaban J connectivity index is 1.98. The summed E-state index contributed by atoms with van der Waals surface area (Å²) in [5.74, 6) is 0.669. The lowest BCUT2D eigenvalue weighted by molar-refractivity contribution is -0.119. The number of carbonyl (C=O) groups excluding carboxylic acids is 1. The van der Waals surface area contributed by atoms with Crippen LogP contribution in [0.25, 0.3) is 0 Å². The zero-order valence-electron chi connectivity index (χ0n) is 7.21. The molecule has 1 aliphatic heterocycles. The first-order valence-electron chi connectivity index (χ1n) is 4.73. The Kier molecular flexibility index (Phi) is 2.15. The predicted octanol–water partition coefficient (Wildman–Crippen LogP) is 2.05. The van der Waals surface area contributed by atoms with Gasteiger partial charge in [-0.25, -0.2) is 0 Å². The molecule has 1 heterocycles. The lowest BCUT2D eigenvalue weighted by Gasteiger charge is -2.06. The third-order valence-corrected chi connectivity index (χ3v) is 2.76. The van der Waals surface area contributed by atoms with Crippen molar-refractivity contribution in [3.8, 4) is 0 Å². The van der Waals surface area contributed by atoms with Crippen molar-refractivity contribution in [1.82, 2.24) is 0 Å². The Morgan fingerprint density at radius 3 is 2.75 bits per heavy atom. The fourth-order valence-electron chi connectivity index (χ4n) is 2.02. The molecule has 0 aromatic carbocycles. The summed E-state index contributed by atoms with van der Waals surface area (Å²) in [4.78, 5) is 11.7. The highest BCUT2D eigenvalue weighted by molar-refractivity contribution is 5.97. The lowest BCUT2D eigenvalue weighted by atomic mass is 9.96. The van der Waals surface area contributed by atoms with E-state index in [0.29, 0.717) is 18.3 Å². The van der Waals surface area contributed by atoms with Crippen molar-refractivity contribution in [2.75, 3.05) is 6.61 Å². The largest absolute Gasteiger partial charge is 0.500 e. The summed E-state index contributed by atoms with van der Waals surface area (Å²) in [5, 5.41) is 0. The van der Waals surface area contributed by atoms with Crippen LogP contribution >= 0.6 is 0 Å². The molecule has 1 saturated carbocycles. The van der Waals surface area contributed by atoms with E-state index in [1.807, 2.05) is 0 Å². The van der Waals surface area contributed by atoms with Gasteiger partial charge in [-0.1, -0.05) is 12.8 Å². The molecule has 1 fully saturated rings. The highest BCUT2D eigenvalue weighted by Crippen LogP contribution is 2.29. The molecule has 0 aromatic rings. The van der Waals surface area contributed by atoms with Crippen LogP contribution in [0.4, 0.5) is 0 Å². The van der Waals surface area contributed by atoms with E-state index < -0.39 is 0 Å². The van der Waals surface area contributed by atoms with Crippen molar-refractivity contribution in [2.24, 2.45) is 5.92 Å². The molecule has 0 bridgehead atoms. The molecule has 66 valence electrons. The van der Waals surface area contributed by atoms with Crippen LogP contribution in [0.1, 0.15) is 32.1 Å². The molecule has 0 aromatic heterocycles. The molecular formula is C10H14O2. The normalized spacial score (nSPS) is 23.8. The molecule has 0 N–H and O–H groups in total. The van der Waals surface area contributed by atoms with Gasteiger partial charge in [-0.2, -0.15) is 0 Å². The molecule has 0 spiro atoms. The summed E-state index contributed by atoms with van der Waals surface area (Å²) in [6.45, 7) is 0.702. The molecule has 0 unspecified atom stereocenters. The van der Waals surface area contributed by atoms with Crippen molar-refractivity contribution in [3.05, 3.63) is 11.8 Å². The van der Waals surface area contributed by atoms with E-state index in [2.05, 4.69) is 0 Å². The molecular weight excluding hydrogens is 152 g/mol. The summed E-state index contributed by atoms with van der Waals surface area (Å²) in [7, 11) is 0. The minimum atomic E-state index is 0.318. The molecule has 2 nitrogen and oxygen atoms in total. The SMILES string of the molecule is O=C(C1=COCC1)C1CCCC1. The summed E-state index contributed by atoms with van der Waals surface area (Å²) < 4.78 is 5.05. The topological polar surface area (TPSA) is 26.3 Å². The van der Waals surface area contributed by atoms with E-state index in [1.165, 1.54) is 12.8 Å². The zero-order chi connectivity index (χ0) is 8.39. The molecule has 2 rings (SSSR count). The smallest absolute Gasteiger partial charge is 0.165 e. The Morgan fingerprint density at radius 2 is 2.17 bits per heavy atom. The molecule has 0 atom stereocenters. The number of ketones is 1. The quantitative estimate of drug-likeness (QED) is 0.627. The van der Waals surface area contributed by atoms with Crippen LogP contribution in [0.15, 0.2) is 11.8 Å². The monoisotopic (exact) mass is 166 g/mol. The summed E-state index contributed by atoms with van der Waals surface area (Å²) in [5.41, 5.74) is 0.918. The highest BCUT2D eigenvalue weighted by Gasteiger charge is 2.26. The van der Waals surface area contributed by atoms with Crippen molar-refractivity contribution in [2.45, 2.75) is 32.1 Å². The first-order chi connectivity index (χ1) is 5.88. The van der Waals surface area contributed by atoms with Gasteiger partial charge in [-0.05, 0) is 12.8 Å². The van der Waals surface area contributed by atoms with Gasteiger partial charge in [0.25, 0.3) is 0 Å². The summed E-state index contributed by atoms with van der Waals surface area (Å²) >= 11 is 0. The van der Waals surface area contributed by atoms with Crippen LogP contribution in [0, 0.1) is 5.92 Å². The van der Waals surface area contributed by atoms with Gasteiger partial charge in [0.1, 0.15) is 0 Å². The van der Waals surface area contributed by atoms with Gasteiger partial charge in [0.2, 0.25) is 0 Å². The van der Waals surface area contributed by atoms with Crippen LogP contribution in [0.2, 0.25) is 0 Å². The number of carbonyl (C=O) groups is 1. The van der Waals surface area contributed by atoms with E-state index in [9.17, 15) is 4.79 Å². The first-order valence-corrected chi connectivity index (χ1v) is 4.73. The average molecular weight is 166 g/mol. The highest BCUT2D eigenvalue weighted by atomic mass is 16.5. The number of rotatable bonds is 2. The van der Waals surface area contributed by atoms with Gasteiger partial charge in [0, 0.05) is 17.9 Å². The number of ether oxygens (including phenoxy) is 1. The van der Waals surface area contributed by atoms with Crippen LogP contribution in [-0.4, -0.2) is 12.4 Å². The van der Waals surface area contributed by atoms with E-state index in [-0.39, 0.29) is 0 Å². The number of hydrogen-bond acceptors (Lipinski definition) is 2. The summed E-state index contributed by atoms with van der Waals surface area (Å²) in [6.07, 6.45) is 7.12. The third kappa shape index (κ3) is 1.38. The van der Waals surface area contributed by atoms with Crippen LogP contribution in [-0.2, 0) is 9.53 Å². The third-order valence-electron chi connectivity index (χ3n) is 2.76. The Morgan fingerprint density at radius 1 is 1.42 bits per heavy atom. The van der Waals surface area contributed by atoms with Gasteiger partial charge in [-0.3, -0.25) is 4.79 Å². The molecule has 0 amide bonds. The van der Waals surface area contributed by atoms with Crippen molar-refractivity contribution >= 4 is 5.78 Å². The van der Waals surface area contributed by atoms with E-state index >= 15 is 0 Å². The standard InChI is InChI=1S/C10H14O2/c11-10(8-3-1-2-4-8)9-5-6-12-7-9/h7-8H,1-6H2. The van der Waals surface area contributed by atoms with E-state index in [0.717, 1.165) is 24.8 Å². The van der Waals surface area contributed by atoms with Gasteiger partial charge in [0.15, 0.2) is 5.78 Å². The Hall–Kier alpha value is -0.790. The van der Waals surface area contributed by atoms with Crippen molar-refractivity contribution < 1.29 is 9.53 Å². The molecule has 0 saturated heterocycles. The molecule has 2 aliphatic rings. The van der Waals surface area contributed by atoms with Crippen molar-refractivity contribution in [1.29, 1.82) is 0 Å². The maximum Gasteiger partial charge on any atom is 0.165 e. The lowest BCUT2D eigenvalue weighted by Crippen LogP contribution is -2.12. The molecule has 1 aliphatic carbocycles. The van der Waals surface area contributed by atoms with Gasteiger partial charge in [0.05, 0.1) is 12.9 Å². The van der Waals surface area contributed by atoms with E-state index in [4.69, 9.17) is 4.74 Å². The van der Waals surface area contributed by atoms with E-state index in [1.54, 1.807) is 6.26 Å². The fourth-order valence-corrected chi connectivity index (χ4v) is 2.02. The van der Waals surface area contributed by atoms with Gasteiger partial charge < -0.3 is 4.74 Å². The maximum atomic E-state index is 11.7. The van der Waals surface area contributed by atoms with Crippen molar-refractivity contribution in [3.63, 3.8) is 0 Å². The molecule has 12 heavy (non-hydrogen) atoms. The molecule has 0 radical (unpaired) electrons. The number of Topliss-reactive ketones (excluding diaryl/α,β-unsaturated/α-hetero) is 1. The summed E-state index contributed by atoms with van der Waals surface area (Å²) in [6, 6.07) is 0. The fraction of sp³-hybridized carbons (Fsp3) is 0.700. The Bertz CT molecular complexity index is 212. The molecule has 2 heteroatoms. The van der Waals surface area contributed by atoms with Crippen LogP contribution in [0.5, 0.6) is 0 Å². The second-order valence-electron chi connectivity index (χ2n) is 3.61. The predicted molar refractivity (Wildman–Crippen MR) is 45.6 cm³/mol. The van der Waals surface area contributed by atoms with Gasteiger partial charge in [-0.15, -0.1) is 0 Å².